The first-order chi connectivity index (χ1) is 15.9. The Hall–Kier alpha value is -3.76. The lowest BCUT2D eigenvalue weighted by Gasteiger charge is -2.39. The number of fused-ring (bicyclic) bond motifs is 2. The highest BCUT2D eigenvalue weighted by atomic mass is 32.3. The van der Waals surface area contributed by atoms with Gasteiger partial charge < -0.3 is 0 Å². The summed E-state index contributed by atoms with van der Waals surface area (Å²) in [5.41, 5.74) is 0.718. The van der Waals surface area contributed by atoms with Crippen molar-refractivity contribution in [3.05, 3.63) is 97.3 Å². The summed E-state index contributed by atoms with van der Waals surface area (Å²) in [6, 6.07) is 22.7. The molecule has 3 heterocycles. The second kappa shape index (κ2) is 6.63. The van der Waals surface area contributed by atoms with Crippen molar-refractivity contribution < 1.29 is 16.8 Å². The van der Waals surface area contributed by atoms with Gasteiger partial charge >= 0.3 is 4.33 Å². The maximum absolute atomic E-state index is 14.3. The maximum Gasteiger partial charge on any atom is 0.341 e. The van der Waals surface area contributed by atoms with E-state index in [1.54, 1.807) is 60.7 Å². The van der Waals surface area contributed by atoms with Gasteiger partial charge in [0.25, 0.3) is 0 Å². The van der Waals surface area contributed by atoms with Gasteiger partial charge in [-0.25, -0.2) is 26.8 Å². The highest BCUT2D eigenvalue weighted by Gasteiger charge is 2.75. The third-order valence-electron chi connectivity index (χ3n) is 5.81. The van der Waals surface area contributed by atoms with Crippen molar-refractivity contribution in [2.75, 3.05) is 9.80 Å². The predicted octanol–water partition coefficient (Wildman–Crippen LogP) is 3.64. The van der Waals surface area contributed by atoms with E-state index in [2.05, 4.69) is 9.97 Å². The quantitative estimate of drug-likeness (QED) is 0.432. The van der Waals surface area contributed by atoms with Crippen molar-refractivity contribution in [1.29, 1.82) is 0 Å². The number of sulfone groups is 2. The molecule has 4 aromatic rings. The van der Waals surface area contributed by atoms with Gasteiger partial charge in [0.05, 0.1) is 9.79 Å². The SMILES string of the molecule is O=S1(=O)c2ccccc2S(=O)(=O)C12N(c1ccccc1)c1nccnc1N2c1ccccc1. The van der Waals surface area contributed by atoms with Gasteiger partial charge in [0, 0.05) is 23.8 Å². The normalized spacial score (nSPS) is 18.8. The van der Waals surface area contributed by atoms with E-state index in [0.717, 1.165) is 0 Å². The van der Waals surface area contributed by atoms with Gasteiger partial charge in [0.2, 0.25) is 19.7 Å². The molecule has 0 saturated carbocycles. The molecule has 0 saturated heterocycles. The van der Waals surface area contributed by atoms with Gasteiger partial charge in [-0.2, -0.15) is 0 Å². The summed E-state index contributed by atoms with van der Waals surface area (Å²) < 4.78 is 54.8. The average molecular weight is 477 g/mol. The lowest BCUT2D eigenvalue weighted by Crippen LogP contribution is -2.61. The predicted molar refractivity (Wildman–Crippen MR) is 123 cm³/mol. The van der Waals surface area contributed by atoms with Crippen LogP contribution >= 0.6 is 0 Å². The Labute approximate surface area is 190 Å². The summed E-state index contributed by atoms with van der Waals surface area (Å²) in [5, 5.41) is 0. The molecular weight excluding hydrogens is 460 g/mol. The van der Waals surface area contributed by atoms with Crippen LogP contribution in [0, 0.1) is 0 Å². The number of aromatic nitrogens is 2. The second-order valence-corrected chi connectivity index (χ2v) is 11.8. The van der Waals surface area contributed by atoms with Crippen LogP contribution in [-0.4, -0.2) is 31.1 Å². The number of anilines is 4. The minimum Gasteiger partial charge on any atom is -0.272 e. The average Bonchev–Trinajstić information content (AvgIpc) is 3.24. The highest BCUT2D eigenvalue weighted by Crippen LogP contribution is 2.61. The molecule has 0 fully saturated rings. The molecule has 10 heteroatoms. The minimum atomic E-state index is -4.53. The van der Waals surface area contributed by atoms with Crippen LogP contribution in [-0.2, 0) is 19.7 Å². The molecule has 8 nitrogen and oxygen atoms in total. The van der Waals surface area contributed by atoms with E-state index in [0.29, 0.717) is 11.4 Å². The largest absolute Gasteiger partial charge is 0.341 e. The molecule has 0 bridgehead atoms. The van der Waals surface area contributed by atoms with Crippen LogP contribution in [0.4, 0.5) is 23.0 Å². The molecule has 1 aromatic heterocycles. The lowest BCUT2D eigenvalue weighted by atomic mass is 10.3. The number of nitrogens with zero attached hydrogens (tertiary/aromatic N) is 4. The third-order valence-corrected chi connectivity index (χ3v) is 11.3. The van der Waals surface area contributed by atoms with E-state index in [1.165, 1.54) is 46.5 Å². The fourth-order valence-electron chi connectivity index (χ4n) is 4.54. The van der Waals surface area contributed by atoms with Crippen molar-refractivity contribution in [2.24, 2.45) is 0 Å². The molecule has 0 N–H and O–H groups in total. The molecule has 2 aliphatic heterocycles. The van der Waals surface area contributed by atoms with Crippen molar-refractivity contribution in [2.45, 2.75) is 14.1 Å². The molecule has 0 radical (unpaired) electrons. The van der Waals surface area contributed by atoms with Crippen molar-refractivity contribution in [1.82, 2.24) is 9.97 Å². The van der Waals surface area contributed by atoms with Crippen LogP contribution in [0.1, 0.15) is 0 Å². The Morgan fingerprint density at radius 3 is 1.30 bits per heavy atom. The Kier molecular flexibility index (Phi) is 3.99. The van der Waals surface area contributed by atoms with E-state index in [9.17, 15) is 16.8 Å². The zero-order valence-electron chi connectivity index (χ0n) is 17.0. The standard InChI is InChI=1S/C23H16N4O4S2/c28-32(29)19-13-7-8-14-20(19)33(30,31)23(32)26(17-9-3-1-4-10-17)21-22(25-16-15-24-21)27(23)18-11-5-2-6-12-18/h1-16H. The molecular formula is C23H16N4O4S2. The number of para-hydroxylation sites is 2. The summed E-state index contributed by atoms with van der Waals surface area (Å²) in [4.78, 5) is 10.8. The Bertz CT molecular complexity index is 1490. The molecule has 33 heavy (non-hydrogen) atoms. The van der Waals surface area contributed by atoms with Crippen LogP contribution in [0.2, 0.25) is 0 Å². The summed E-state index contributed by atoms with van der Waals surface area (Å²) >= 11 is 0. The molecule has 0 atom stereocenters. The van der Waals surface area contributed by atoms with E-state index in [-0.39, 0.29) is 21.4 Å². The van der Waals surface area contributed by atoms with Crippen molar-refractivity contribution >= 4 is 42.7 Å². The number of rotatable bonds is 2. The molecule has 164 valence electrons. The van der Waals surface area contributed by atoms with Crippen LogP contribution in [0.5, 0.6) is 0 Å². The fraction of sp³-hybridized carbons (Fsp3) is 0.0435. The number of hydrogen-bond donors (Lipinski definition) is 0. The molecule has 2 aliphatic rings. The van der Waals surface area contributed by atoms with Crippen molar-refractivity contribution in [3.63, 3.8) is 0 Å². The van der Waals surface area contributed by atoms with Gasteiger partial charge in [-0.15, -0.1) is 0 Å². The van der Waals surface area contributed by atoms with Crippen LogP contribution in [0.3, 0.4) is 0 Å². The van der Waals surface area contributed by atoms with Crippen LogP contribution < -0.4 is 9.80 Å². The maximum atomic E-state index is 14.3. The summed E-state index contributed by atoms with van der Waals surface area (Å²) in [6.45, 7) is 0. The molecule has 0 unspecified atom stereocenters. The number of hydrogen-bond acceptors (Lipinski definition) is 8. The molecule has 0 aliphatic carbocycles. The van der Waals surface area contributed by atoms with E-state index >= 15 is 0 Å². The summed E-state index contributed by atoms with van der Waals surface area (Å²) in [7, 11) is -9.06. The molecule has 1 spiro atoms. The second-order valence-electron chi connectivity index (χ2n) is 7.55. The van der Waals surface area contributed by atoms with Gasteiger partial charge in [-0.3, -0.25) is 9.80 Å². The Morgan fingerprint density at radius 2 is 0.909 bits per heavy atom. The first kappa shape index (κ1) is 19.9. The van der Waals surface area contributed by atoms with Gasteiger partial charge in [-0.1, -0.05) is 48.5 Å². The minimum absolute atomic E-state index is 0.132. The monoisotopic (exact) mass is 476 g/mol. The summed E-state index contributed by atoms with van der Waals surface area (Å²) in [5.74, 6) is 0.264. The van der Waals surface area contributed by atoms with Crippen LogP contribution in [0.15, 0.2) is 107 Å². The Balaban J connectivity index is 1.83. The van der Waals surface area contributed by atoms with Crippen LogP contribution in [0.25, 0.3) is 0 Å². The topological polar surface area (TPSA) is 101 Å². The van der Waals surface area contributed by atoms with E-state index in [4.69, 9.17) is 0 Å². The van der Waals surface area contributed by atoms with Gasteiger partial charge in [-0.05, 0) is 36.4 Å². The molecule has 0 amide bonds. The first-order valence-corrected chi connectivity index (χ1v) is 13.0. The van der Waals surface area contributed by atoms with Crippen molar-refractivity contribution in [3.8, 4) is 0 Å². The lowest BCUT2D eigenvalue weighted by molar-refractivity contribution is 0.553. The van der Waals surface area contributed by atoms with E-state index < -0.39 is 24.0 Å². The smallest absolute Gasteiger partial charge is 0.272 e. The molecule has 6 rings (SSSR count). The molecule has 3 aromatic carbocycles. The fourth-order valence-corrected chi connectivity index (χ4v) is 10.4. The first-order valence-electron chi connectivity index (χ1n) is 10.0. The van der Waals surface area contributed by atoms with Gasteiger partial charge in [0.1, 0.15) is 0 Å². The zero-order chi connectivity index (χ0) is 22.8. The highest BCUT2D eigenvalue weighted by molar-refractivity contribution is 8.13. The number of benzene rings is 3. The Morgan fingerprint density at radius 1 is 0.545 bits per heavy atom. The summed E-state index contributed by atoms with van der Waals surface area (Å²) in [6.07, 6.45) is 2.83. The third kappa shape index (κ3) is 2.29. The zero-order valence-corrected chi connectivity index (χ0v) is 18.6. The van der Waals surface area contributed by atoms with E-state index in [1.807, 2.05) is 0 Å². The van der Waals surface area contributed by atoms with Gasteiger partial charge in [0.15, 0.2) is 11.6 Å².